The highest BCUT2D eigenvalue weighted by molar-refractivity contribution is 5.91. The molecule has 2 aromatic heterocycles. The summed E-state index contributed by atoms with van der Waals surface area (Å²) >= 11 is 0. The Labute approximate surface area is 144 Å². The van der Waals surface area contributed by atoms with Crippen molar-refractivity contribution in [3.8, 4) is 11.4 Å². The van der Waals surface area contributed by atoms with E-state index < -0.39 is 0 Å². The monoisotopic (exact) mass is 337 g/mol. The molecule has 0 spiro atoms. The maximum absolute atomic E-state index is 12.1. The van der Waals surface area contributed by atoms with E-state index in [1.54, 1.807) is 0 Å². The molecular formula is C17H19N7O. The highest BCUT2D eigenvalue weighted by Gasteiger charge is 2.16. The number of fused-ring (bicyclic) bond motifs is 1. The summed E-state index contributed by atoms with van der Waals surface area (Å²) in [6.07, 6.45) is 7.43. The van der Waals surface area contributed by atoms with Gasteiger partial charge in [0.15, 0.2) is 5.82 Å². The van der Waals surface area contributed by atoms with Crippen molar-refractivity contribution >= 4 is 11.6 Å². The van der Waals surface area contributed by atoms with Gasteiger partial charge in [-0.1, -0.05) is 18.6 Å². The molecule has 4 rings (SSSR count). The number of aromatic nitrogens is 6. The zero-order chi connectivity index (χ0) is 17.1. The second-order valence-electron chi connectivity index (χ2n) is 6.12. The molecule has 0 saturated carbocycles. The normalized spacial score (nSPS) is 13.9. The van der Waals surface area contributed by atoms with Gasteiger partial charge >= 0.3 is 0 Å². The highest BCUT2D eigenvalue weighted by Crippen LogP contribution is 2.24. The van der Waals surface area contributed by atoms with Crippen molar-refractivity contribution in [2.24, 2.45) is 0 Å². The Kier molecular flexibility index (Phi) is 4.24. The number of carbonyl (C=O) groups excluding carboxylic acids is 1. The highest BCUT2D eigenvalue weighted by atomic mass is 16.2. The third kappa shape index (κ3) is 3.42. The van der Waals surface area contributed by atoms with Crippen molar-refractivity contribution in [3.63, 3.8) is 0 Å². The van der Waals surface area contributed by atoms with Crippen LogP contribution in [0.5, 0.6) is 0 Å². The first kappa shape index (κ1) is 15.5. The Morgan fingerprint density at radius 3 is 3.04 bits per heavy atom. The van der Waals surface area contributed by atoms with E-state index in [9.17, 15) is 4.79 Å². The number of amides is 1. The van der Waals surface area contributed by atoms with Gasteiger partial charge in [0.25, 0.3) is 0 Å². The van der Waals surface area contributed by atoms with Crippen LogP contribution in [0.15, 0.2) is 36.9 Å². The fourth-order valence-electron chi connectivity index (χ4n) is 3.10. The molecule has 8 heteroatoms. The van der Waals surface area contributed by atoms with Gasteiger partial charge in [-0.15, -0.1) is 10.2 Å². The van der Waals surface area contributed by atoms with Crippen LogP contribution in [0.3, 0.4) is 0 Å². The van der Waals surface area contributed by atoms with Gasteiger partial charge in [-0.3, -0.25) is 4.79 Å². The second-order valence-corrected chi connectivity index (χ2v) is 6.12. The molecule has 0 fully saturated rings. The molecule has 25 heavy (non-hydrogen) atoms. The molecule has 0 atom stereocenters. The second kappa shape index (κ2) is 6.84. The largest absolute Gasteiger partial charge is 0.324 e. The minimum absolute atomic E-state index is 0.130. The Morgan fingerprint density at radius 1 is 1.20 bits per heavy atom. The molecule has 0 unspecified atom stereocenters. The maximum Gasteiger partial charge on any atom is 0.246 e. The SMILES string of the molecule is O=C(Cn1cncn1)Nc1cccc(-c2nnc3n2CCCCC3)c1. The van der Waals surface area contributed by atoms with E-state index in [0.29, 0.717) is 0 Å². The molecule has 128 valence electrons. The summed E-state index contributed by atoms with van der Waals surface area (Å²) in [5.41, 5.74) is 1.69. The minimum atomic E-state index is -0.150. The average Bonchev–Trinajstić information content (AvgIpc) is 3.20. The summed E-state index contributed by atoms with van der Waals surface area (Å²) in [5.74, 6) is 1.76. The first-order valence-electron chi connectivity index (χ1n) is 8.44. The van der Waals surface area contributed by atoms with Gasteiger partial charge < -0.3 is 9.88 Å². The lowest BCUT2D eigenvalue weighted by Gasteiger charge is -2.09. The van der Waals surface area contributed by atoms with Crippen LogP contribution in [-0.2, 0) is 24.3 Å². The van der Waals surface area contributed by atoms with E-state index in [2.05, 4.69) is 30.2 Å². The van der Waals surface area contributed by atoms with Crippen LogP contribution >= 0.6 is 0 Å². The lowest BCUT2D eigenvalue weighted by atomic mass is 10.2. The standard InChI is InChI=1S/C17H19N7O/c25-16(10-23-12-18-11-19-23)20-14-6-4-5-13(9-14)17-22-21-15-7-2-1-3-8-24(15)17/h4-6,9,11-12H,1-3,7-8,10H2,(H,20,25). The average molecular weight is 337 g/mol. The van der Waals surface area contributed by atoms with E-state index in [4.69, 9.17) is 0 Å². The number of anilines is 1. The van der Waals surface area contributed by atoms with Crippen molar-refractivity contribution in [2.45, 2.75) is 38.8 Å². The Balaban J connectivity index is 1.54. The molecule has 0 aliphatic carbocycles. The molecule has 3 heterocycles. The number of carbonyl (C=O) groups is 1. The predicted octanol–water partition coefficient (Wildman–Crippen LogP) is 1.90. The van der Waals surface area contributed by atoms with E-state index in [1.165, 1.54) is 23.8 Å². The van der Waals surface area contributed by atoms with E-state index in [-0.39, 0.29) is 12.5 Å². The third-order valence-electron chi connectivity index (χ3n) is 4.29. The van der Waals surface area contributed by atoms with Crippen molar-refractivity contribution in [1.29, 1.82) is 0 Å². The minimum Gasteiger partial charge on any atom is -0.324 e. The quantitative estimate of drug-likeness (QED) is 0.785. The van der Waals surface area contributed by atoms with Crippen LogP contribution in [0, 0.1) is 0 Å². The summed E-state index contributed by atoms with van der Waals surface area (Å²) < 4.78 is 3.68. The number of rotatable bonds is 4. The van der Waals surface area contributed by atoms with Crippen molar-refractivity contribution in [3.05, 3.63) is 42.7 Å². The van der Waals surface area contributed by atoms with Gasteiger partial charge in [-0.05, 0) is 25.0 Å². The molecule has 0 radical (unpaired) electrons. The van der Waals surface area contributed by atoms with E-state index >= 15 is 0 Å². The number of hydrogen-bond acceptors (Lipinski definition) is 5. The molecule has 1 N–H and O–H groups in total. The number of benzene rings is 1. The molecule has 1 aromatic carbocycles. The molecule has 0 bridgehead atoms. The third-order valence-corrected chi connectivity index (χ3v) is 4.29. The molecule has 8 nitrogen and oxygen atoms in total. The number of nitrogens with one attached hydrogen (secondary N) is 1. The van der Waals surface area contributed by atoms with Crippen LogP contribution in [-0.4, -0.2) is 35.4 Å². The van der Waals surface area contributed by atoms with Gasteiger partial charge in [0.2, 0.25) is 5.91 Å². The fraction of sp³-hybridized carbons (Fsp3) is 0.353. The van der Waals surface area contributed by atoms with Crippen molar-refractivity contribution in [2.75, 3.05) is 5.32 Å². The summed E-state index contributed by atoms with van der Waals surface area (Å²) in [7, 11) is 0. The first-order valence-corrected chi connectivity index (χ1v) is 8.44. The molecular weight excluding hydrogens is 318 g/mol. The fourth-order valence-corrected chi connectivity index (χ4v) is 3.10. The lowest BCUT2D eigenvalue weighted by Crippen LogP contribution is -2.19. The molecule has 3 aromatic rings. The van der Waals surface area contributed by atoms with Gasteiger partial charge in [0.1, 0.15) is 25.0 Å². The topological polar surface area (TPSA) is 90.5 Å². The summed E-state index contributed by atoms with van der Waals surface area (Å²) in [6.45, 7) is 1.07. The number of nitrogens with zero attached hydrogens (tertiary/aromatic N) is 6. The number of hydrogen-bond donors (Lipinski definition) is 1. The van der Waals surface area contributed by atoms with Crippen LogP contribution in [0.4, 0.5) is 5.69 Å². The van der Waals surface area contributed by atoms with Gasteiger partial charge in [-0.2, -0.15) is 5.10 Å². The van der Waals surface area contributed by atoms with Crippen molar-refractivity contribution < 1.29 is 4.79 Å². The maximum atomic E-state index is 12.1. The van der Waals surface area contributed by atoms with Crippen molar-refractivity contribution in [1.82, 2.24) is 29.5 Å². The van der Waals surface area contributed by atoms with E-state index in [0.717, 1.165) is 48.7 Å². The molecule has 0 saturated heterocycles. The summed E-state index contributed by atoms with van der Waals surface area (Å²) in [5, 5.41) is 15.5. The van der Waals surface area contributed by atoms with Gasteiger partial charge in [-0.25, -0.2) is 9.67 Å². The molecule has 1 amide bonds. The molecule has 1 aliphatic rings. The van der Waals surface area contributed by atoms with Crippen LogP contribution in [0.1, 0.15) is 25.1 Å². The lowest BCUT2D eigenvalue weighted by molar-refractivity contribution is -0.116. The molecule has 1 aliphatic heterocycles. The summed E-state index contributed by atoms with van der Waals surface area (Å²) in [6, 6.07) is 7.71. The van der Waals surface area contributed by atoms with Gasteiger partial charge in [0, 0.05) is 24.2 Å². The zero-order valence-electron chi connectivity index (χ0n) is 13.8. The van der Waals surface area contributed by atoms with Crippen LogP contribution < -0.4 is 5.32 Å². The Hall–Kier alpha value is -3.03. The zero-order valence-corrected chi connectivity index (χ0v) is 13.8. The van der Waals surface area contributed by atoms with Crippen LogP contribution in [0.25, 0.3) is 11.4 Å². The summed E-state index contributed by atoms with van der Waals surface area (Å²) in [4.78, 5) is 16.0. The number of aryl methyl sites for hydroxylation is 1. The van der Waals surface area contributed by atoms with Crippen LogP contribution in [0.2, 0.25) is 0 Å². The van der Waals surface area contributed by atoms with Gasteiger partial charge in [0.05, 0.1) is 0 Å². The Bertz CT molecular complexity index is 869. The first-order chi connectivity index (χ1) is 12.3. The predicted molar refractivity (Wildman–Crippen MR) is 91.7 cm³/mol. The smallest absolute Gasteiger partial charge is 0.246 e. The Morgan fingerprint density at radius 2 is 2.16 bits per heavy atom. The van der Waals surface area contributed by atoms with E-state index in [1.807, 2.05) is 24.3 Å².